The topological polar surface area (TPSA) is 73.1 Å². The summed E-state index contributed by atoms with van der Waals surface area (Å²) >= 11 is 0. The predicted molar refractivity (Wildman–Crippen MR) is 126 cm³/mol. The Labute approximate surface area is 188 Å². The third-order valence-corrected chi connectivity index (χ3v) is 5.51. The Bertz CT molecular complexity index is 1080. The average Bonchev–Trinajstić information content (AvgIpc) is 3.34. The van der Waals surface area contributed by atoms with Gasteiger partial charge in [0.15, 0.2) is 5.78 Å². The zero-order valence-corrected chi connectivity index (χ0v) is 18.7. The van der Waals surface area contributed by atoms with Crippen LogP contribution in [0.1, 0.15) is 38.8 Å². The number of ether oxygens (including phenoxy) is 1. The molecule has 32 heavy (non-hydrogen) atoms. The maximum atomic E-state index is 12.5. The highest BCUT2D eigenvalue weighted by Gasteiger charge is 2.16. The van der Waals surface area contributed by atoms with Gasteiger partial charge in [-0.3, -0.25) is 4.79 Å². The van der Waals surface area contributed by atoms with Crippen LogP contribution in [0.15, 0.2) is 54.4 Å². The van der Waals surface area contributed by atoms with E-state index in [0.717, 1.165) is 42.9 Å². The first-order valence-electron chi connectivity index (χ1n) is 11.2. The number of morpholine rings is 1. The molecule has 0 spiro atoms. The van der Waals surface area contributed by atoms with E-state index in [1.165, 1.54) is 0 Å². The van der Waals surface area contributed by atoms with Crippen molar-refractivity contribution >= 4 is 17.7 Å². The summed E-state index contributed by atoms with van der Waals surface area (Å²) in [6.45, 7) is 6.81. The Hall–Kier alpha value is -3.32. The van der Waals surface area contributed by atoms with Crippen LogP contribution in [-0.4, -0.2) is 51.8 Å². The van der Waals surface area contributed by atoms with Crippen molar-refractivity contribution in [2.24, 2.45) is 0 Å². The van der Waals surface area contributed by atoms with E-state index in [0.29, 0.717) is 36.8 Å². The zero-order valence-electron chi connectivity index (χ0n) is 18.7. The summed E-state index contributed by atoms with van der Waals surface area (Å²) in [7, 11) is 0. The highest BCUT2D eigenvalue weighted by Crippen LogP contribution is 2.22. The van der Waals surface area contributed by atoms with Crippen LogP contribution < -0.4 is 4.90 Å². The largest absolute Gasteiger partial charge is 0.378 e. The lowest BCUT2D eigenvalue weighted by Crippen LogP contribution is -2.37. The number of Topliss-reactive ketones (excluding diaryl/α,β-unsaturated/α-hetero) is 1. The summed E-state index contributed by atoms with van der Waals surface area (Å²) in [6, 6.07) is 12.0. The van der Waals surface area contributed by atoms with Gasteiger partial charge in [-0.05, 0) is 30.6 Å². The van der Waals surface area contributed by atoms with Crippen LogP contribution in [0, 0.1) is 0 Å². The van der Waals surface area contributed by atoms with Gasteiger partial charge in [0.2, 0.25) is 0 Å². The van der Waals surface area contributed by atoms with Crippen molar-refractivity contribution in [3.63, 3.8) is 0 Å². The minimum Gasteiger partial charge on any atom is -0.378 e. The first-order chi connectivity index (χ1) is 15.6. The van der Waals surface area contributed by atoms with E-state index in [9.17, 15) is 4.79 Å². The number of unbranched alkanes of at least 4 members (excludes halogenated alkanes) is 1. The second kappa shape index (κ2) is 10.3. The second-order valence-corrected chi connectivity index (χ2v) is 7.94. The van der Waals surface area contributed by atoms with E-state index in [1.807, 2.05) is 61.8 Å². The molecule has 0 amide bonds. The molecule has 0 atom stereocenters. The standard InChI is InChI=1S/C25H29N5O2/c1-3-4-10-23(31)19(2)15-22-16-24(29-11-13-32-14-12-29)28-25(27-22)30-18-21(17-26-30)20-8-6-5-7-9-20/h5-9,15-18H,3-4,10-14H2,1-2H3/b19-15+. The number of nitrogens with zero attached hydrogens (tertiary/aromatic N) is 5. The predicted octanol–water partition coefficient (Wildman–Crippen LogP) is 4.33. The van der Waals surface area contributed by atoms with Crippen molar-refractivity contribution in [1.29, 1.82) is 0 Å². The summed E-state index contributed by atoms with van der Waals surface area (Å²) in [4.78, 5) is 24.1. The molecular weight excluding hydrogens is 402 g/mol. The Morgan fingerprint density at radius 2 is 1.91 bits per heavy atom. The number of hydrogen-bond acceptors (Lipinski definition) is 6. The van der Waals surface area contributed by atoms with Gasteiger partial charge in [0, 0.05) is 37.3 Å². The van der Waals surface area contributed by atoms with Gasteiger partial charge in [0.05, 0.1) is 25.1 Å². The number of allylic oxidation sites excluding steroid dienone is 1. The van der Waals surface area contributed by atoms with Gasteiger partial charge >= 0.3 is 0 Å². The van der Waals surface area contributed by atoms with E-state index in [-0.39, 0.29) is 5.78 Å². The average molecular weight is 432 g/mol. The van der Waals surface area contributed by atoms with Gasteiger partial charge in [0.1, 0.15) is 5.82 Å². The fourth-order valence-electron chi connectivity index (χ4n) is 3.62. The molecule has 3 heterocycles. The van der Waals surface area contributed by atoms with Gasteiger partial charge in [-0.1, -0.05) is 43.7 Å². The molecule has 7 heteroatoms. The van der Waals surface area contributed by atoms with Crippen molar-refractivity contribution in [3.8, 4) is 17.1 Å². The van der Waals surface area contributed by atoms with Gasteiger partial charge < -0.3 is 9.64 Å². The molecule has 0 N–H and O–H groups in total. The molecule has 0 saturated carbocycles. The lowest BCUT2D eigenvalue weighted by atomic mass is 10.1. The Kier molecular flexibility index (Phi) is 7.07. The maximum Gasteiger partial charge on any atom is 0.253 e. The number of hydrogen-bond donors (Lipinski definition) is 0. The number of rotatable bonds is 8. The lowest BCUT2D eigenvalue weighted by molar-refractivity contribution is -0.115. The fraction of sp³-hybridized carbons (Fsp3) is 0.360. The number of anilines is 1. The summed E-state index contributed by atoms with van der Waals surface area (Å²) < 4.78 is 7.19. The highest BCUT2D eigenvalue weighted by molar-refractivity contribution is 5.98. The monoisotopic (exact) mass is 431 g/mol. The minimum atomic E-state index is 0.158. The van der Waals surface area contributed by atoms with E-state index in [4.69, 9.17) is 14.7 Å². The Morgan fingerprint density at radius 1 is 1.12 bits per heavy atom. The summed E-state index contributed by atoms with van der Waals surface area (Å²) in [6.07, 6.45) is 8.06. The van der Waals surface area contributed by atoms with Crippen LogP contribution >= 0.6 is 0 Å². The summed E-state index contributed by atoms with van der Waals surface area (Å²) in [5.41, 5.74) is 3.49. The Morgan fingerprint density at radius 3 is 2.66 bits per heavy atom. The van der Waals surface area contributed by atoms with E-state index in [1.54, 1.807) is 4.68 Å². The van der Waals surface area contributed by atoms with E-state index in [2.05, 4.69) is 16.9 Å². The van der Waals surface area contributed by atoms with Crippen molar-refractivity contribution < 1.29 is 9.53 Å². The normalized spacial score (nSPS) is 14.6. The first-order valence-corrected chi connectivity index (χ1v) is 11.2. The highest BCUT2D eigenvalue weighted by atomic mass is 16.5. The smallest absolute Gasteiger partial charge is 0.253 e. The number of carbonyl (C=O) groups excluding carboxylic acids is 1. The third kappa shape index (κ3) is 5.29. The van der Waals surface area contributed by atoms with Crippen LogP contribution in [-0.2, 0) is 9.53 Å². The van der Waals surface area contributed by atoms with Gasteiger partial charge in [0.25, 0.3) is 5.95 Å². The van der Waals surface area contributed by atoms with Crippen molar-refractivity contribution in [1.82, 2.24) is 19.7 Å². The molecule has 3 aromatic rings. The van der Waals surface area contributed by atoms with Crippen LogP contribution in [0.25, 0.3) is 23.2 Å². The first kappa shape index (κ1) is 21.9. The molecular formula is C25H29N5O2. The molecule has 1 aliphatic heterocycles. The summed E-state index contributed by atoms with van der Waals surface area (Å²) in [5.74, 6) is 1.46. The number of carbonyl (C=O) groups is 1. The van der Waals surface area contributed by atoms with Gasteiger partial charge in [-0.15, -0.1) is 0 Å². The van der Waals surface area contributed by atoms with Crippen LogP contribution in [0.5, 0.6) is 0 Å². The summed E-state index contributed by atoms with van der Waals surface area (Å²) in [5, 5.41) is 4.51. The number of benzene rings is 1. The molecule has 1 aliphatic rings. The second-order valence-electron chi connectivity index (χ2n) is 7.94. The lowest BCUT2D eigenvalue weighted by Gasteiger charge is -2.28. The molecule has 4 rings (SSSR count). The fourth-order valence-corrected chi connectivity index (χ4v) is 3.62. The zero-order chi connectivity index (χ0) is 22.3. The molecule has 2 aromatic heterocycles. The molecule has 0 unspecified atom stereocenters. The van der Waals surface area contributed by atoms with E-state index >= 15 is 0 Å². The molecule has 0 radical (unpaired) electrons. The molecule has 1 aromatic carbocycles. The van der Waals surface area contributed by atoms with Gasteiger partial charge in [-0.2, -0.15) is 10.1 Å². The molecule has 1 saturated heterocycles. The molecule has 0 aliphatic carbocycles. The third-order valence-electron chi connectivity index (χ3n) is 5.51. The molecule has 7 nitrogen and oxygen atoms in total. The molecule has 0 bridgehead atoms. The minimum absolute atomic E-state index is 0.158. The van der Waals surface area contributed by atoms with Crippen molar-refractivity contribution in [2.45, 2.75) is 33.1 Å². The SMILES string of the molecule is CCCCC(=O)/C(C)=C/c1cc(N2CCOCC2)nc(-n2cc(-c3ccccc3)cn2)n1. The van der Waals surface area contributed by atoms with Gasteiger partial charge in [-0.25, -0.2) is 9.67 Å². The number of aromatic nitrogens is 4. The number of ketones is 1. The van der Waals surface area contributed by atoms with Crippen molar-refractivity contribution in [3.05, 3.63) is 60.1 Å². The van der Waals surface area contributed by atoms with Crippen molar-refractivity contribution in [2.75, 3.05) is 31.2 Å². The molecule has 166 valence electrons. The molecule has 1 fully saturated rings. The Balaban J connectivity index is 1.69. The van der Waals surface area contributed by atoms with Crippen LogP contribution in [0.2, 0.25) is 0 Å². The van der Waals surface area contributed by atoms with Crippen LogP contribution in [0.3, 0.4) is 0 Å². The van der Waals surface area contributed by atoms with Crippen LogP contribution in [0.4, 0.5) is 5.82 Å². The quantitative estimate of drug-likeness (QED) is 0.495. The van der Waals surface area contributed by atoms with E-state index < -0.39 is 0 Å². The maximum absolute atomic E-state index is 12.5.